The molecule has 0 aromatic heterocycles. The van der Waals surface area contributed by atoms with Crippen LogP contribution in [0, 0.1) is 0 Å². The quantitative estimate of drug-likeness (QED) is 0.227. The molecule has 12 heteroatoms. The highest BCUT2D eigenvalue weighted by molar-refractivity contribution is 6.25. The highest BCUT2D eigenvalue weighted by atomic mass is 16.2. The van der Waals surface area contributed by atoms with Crippen LogP contribution in [0.25, 0.3) is 0 Å². The molecule has 21 heavy (non-hydrogen) atoms. The first-order chi connectivity index (χ1) is 9.81. The van der Waals surface area contributed by atoms with Gasteiger partial charge in [-0.25, -0.2) is 4.79 Å². The van der Waals surface area contributed by atoms with E-state index < -0.39 is 53.6 Å². The van der Waals surface area contributed by atoms with Crippen molar-refractivity contribution < 1.29 is 28.8 Å². The number of carbonyl (C=O) groups excluding carboxylic acids is 6. The van der Waals surface area contributed by atoms with E-state index >= 15 is 0 Å². The molecule has 12 nitrogen and oxygen atoms in total. The summed E-state index contributed by atoms with van der Waals surface area (Å²) in [5.74, 6) is -5.17. The maximum Gasteiger partial charge on any atom is 0.328 e. The number of azo groups is 1. The Morgan fingerprint density at radius 1 is 0.714 bits per heavy atom. The van der Waals surface area contributed by atoms with E-state index in [1.54, 1.807) is 16.0 Å². The van der Waals surface area contributed by atoms with Crippen LogP contribution in [-0.4, -0.2) is 53.6 Å². The lowest BCUT2D eigenvalue weighted by molar-refractivity contribution is -0.142. The molecule has 6 amide bonds. The van der Waals surface area contributed by atoms with E-state index in [0.717, 1.165) is 0 Å². The Morgan fingerprint density at radius 3 is 1.76 bits per heavy atom. The van der Waals surface area contributed by atoms with Crippen molar-refractivity contribution >= 4 is 35.4 Å². The molecule has 2 saturated heterocycles. The maximum atomic E-state index is 11.6. The third-order valence-electron chi connectivity index (χ3n) is 2.62. The Balaban J connectivity index is 2.16. The Labute approximate surface area is 115 Å². The van der Waals surface area contributed by atoms with Crippen molar-refractivity contribution in [3.8, 4) is 0 Å². The molecule has 2 unspecified atom stereocenters. The number of ketones is 1. The number of amides is 6. The van der Waals surface area contributed by atoms with Crippen molar-refractivity contribution in [2.45, 2.75) is 18.1 Å². The second-order valence-electron chi connectivity index (χ2n) is 4.08. The molecule has 0 aliphatic carbocycles. The summed E-state index contributed by atoms with van der Waals surface area (Å²) in [5, 5.41) is 11.9. The van der Waals surface area contributed by atoms with E-state index in [9.17, 15) is 28.8 Å². The number of Topliss-reactive ketones (excluding diaryl/α,β-unsaturated/α-hetero) is 1. The highest BCUT2D eigenvalue weighted by Crippen LogP contribution is 2.07. The molecule has 2 heterocycles. The highest BCUT2D eigenvalue weighted by Gasteiger charge is 2.42. The summed E-state index contributed by atoms with van der Waals surface area (Å²) >= 11 is 0. The first-order valence-electron chi connectivity index (χ1n) is 5.51. The number of hydrogen-bond acceptors (Lipinski definition) is 9. The summed E-state index contributed by atoms with van der Waals surface area (Å²) in [5.41, 5.74) is 5.24. The summed E-state index contributed by atoms with van der Waals surface area (Å²) < 4.78 is 0. The summed E-state index contributed by atoms with van der Waals surface area (Å²) in [4.78, 5) is 67.7. The predicted molar refractivity (Wildman–Crippen MR) is 60.2 cm³/mol. The van der Waals surface area contributed by atoms with E-state index in [1.165, 1.54) is 0 Å². The van der Waals surface area contributed by atoms with Crippen molar-refractivity contribution in [3.05, 3.63) is 0 Å². The molecule has 0 radical (unpaired) electrons. The zero-order chi connectivity index (χ0) is 15.7. The van der Waals surface area contributed by atoms with Crippen LogP contribution in [-0.2, 0) is 24.0 Å². The van der Waals surface area contributed by atoms with E-state index in [1.807, 2.05) is 0 Å². The molecule has 110 valence electrons. The molecule has 0 saturated carbocycles. The Hall–Kier alpha value is -3.02. The molecule has 2 rings (SSSR count). The molecule has 0 spiro atoms. The molecule has 5 N–H and O–H groups in total. The summed E-state index contributed by atoms with van der Waals surface area (Å²) in [6.45, 7) is 0. The normalized spacial score (nSPS) is 27.7. The monoisotopic (exact) mass is 296 g/mol. The van der Waals surface area contributed by atoms with Gasteiger partial charge in [0.15, 0.2) is 5.78 Å². The number of piperidine rings is 1. The van der Waals surface area contributed by atoms with Crippen LogP contribution >= 0.6 is 0 Å². The number of nitrogens with one attached hydrogen (secondary N) is 3. The van der Waals surface area contributed by atoms with Crippen LogP contribution < -0.4 is 21.7 Å². The number of barbiturate groups is 1. The molecule has 2 aliphatic heterocycles. The number of nitrogens with zero attached hydrogens (tertiary/aromatic N) is 2. The predicted octanol–water partition coefficient (Wildman–Crippen LogP) is -3.91. The van der Waals surface area contributed by atoms with Gasteiger partial charge in [0, 0.05) is 0 Å². The van der Waals surface area contributed by atoms with Gasteiger partial charge in [0.2, 0.25) is 12.1 Å². The van der Waals surface area contributed by atoms with Crippen molar-refractivity contribution in [1.29, 1.82) is 0 Å². The van der Waals surface area contributed by atoms with E-state index in [0.29, 0.717) is 0 Å². The number of imide groups is 3. The van der Waals surface area contributed by atoms with Gasteiger partial charge in [-0.15, -0.1) is 0 Å². The van der Waals surface area contributed by atoms with Gasteiger partial charge < -0.3 is 5.73 Å². The van der Waals surface area contributed by atoms with E-state index in [-0.39, 0.29) is 0 Å². The largest absolute Gasteiger partial charge is 0.328 e. The van der Waals surface area contributed by atoms with Crippen LogP contribution in [0.4, 0.5) is 4.79 Å². The number of rotatable bonds is 2. The maximum absolute atomic E-state index is 11.6. The zero-order valence-corrected chi connectivity index (χ0v) is 10.2. The molecular weight excluding hydrogens is 288 g/mol. The standard InChI is InChI=1S/C9H8N6O6/c10-1-4(16)2(6(18)11-5(1)17)14-15-3-7(19)12-9(21)13-8(3)20/h1-3H,10H2,(H,11,17,18)(H2,12,13,19,20,21). The van der Waals surface area contributed by atoms with Gasteiger partial charge in [-0.1, -0.05) is 0 Å². The van der Waals surface area contributed by atoms with Crippen LogP contribution in [0.2, 0.25) is 0 Å². The number of nitrogens with two attached hydrogens (primary N) is 1. The second-order valence-corrected chi connectivity index (χ2v) is 4.08. The Bertz CT molecular complexity index is 592. The van der Waals surface area contributed by atoms with Gasteiger partial charge in [-0.05, 0) is 0 Å². The Morgan fingerprint density at radius 2 is 1.19 bits per heavy atom. The molecule has 2 atom stereocenters. The molecule has 0 bridgehead atoms. The average Bonchev–Trinajstić information content (AvgIpc) is 2.38. The topological polar surface area (TPSA) is 189 Å². The van der Waals surface area contributed by atoms with Crippen molar-refractivity contribution in [1.82, 2.24) is 16.0 Å². The van der Waals surface area contributed by atoms with Gasteiger partial charge in [-0.3, -0.25) is 39.9 Å². The van der Waals surface area contributed by atoms with Gasteiger partial charge in [0.1, 0.15) is 6.04 Å². The molecule has 0 aromatic rings. The van der Waals surface area contributed by atoms with Crippen LogP contribution in [0.1, 0.15) is 0 Å². The summed E-state index contributed by atoms with van der Waals surface area (Å²) in [7, 11) is 0. The molecule has 2 fully saturated rings. The number of carbonyl (C=O) groups is 6. The lowest BCUT2D eigenvalue weighted by Crippen LogP contribution is -2.61. The molecular formula is C9H8N6O6. The second kappa shape index (κ2) is 5.16. The van der Waals surface area contributed by atoms with Gasteiger partial charge in [-0.2, -0.15) is 10.2 Å². The van der Waals surface area contributed by atoms with Crippen LogP contribution in [0.3, 0.4) is 0 Å². The molecule has 0 aromatic carbocycles. The van der Waals surface area contributed by atoms with Crippen LogP contribution in [0.15, 0.2) is 10.2 Å². The molecule has 2 aliphatic rings. The lowest BCUT2D eigenvalue weighted by Gasteiger charge is -2.21. The Kier molecular flexibility index (Phi) is 3.54. The fraction of sp³-hybridized carbons (Fsp3) is 0.333. The van der Waals surface area contributed by atoms with Crippen molar-refractivity contribution in [2.75, 3.05) is 0 Å². The van der Waals surface area contributed by atoms with E-state index in [2.05, 4.69) is 10.2 Å². The minimum absolute atomic E-state index is 0.977. The van der Waals surface area contributed by atoms with Gasteiger partial charge in [0.25, 0.3) is 23.6 Å². The number of urea groups is 1. The fourth-order valence-electron chi connectivity index (χ4n) is 1.55. The smallest absolute Gasteiger partial charge is 0.314 e. The first kappa shape index (κ1) is 14.4. The third kappa shape index (κ3) is 2.64. The average molecular weight is 296 g/mol. The lowest BCUT2D eigenvalue weighted by atomic mass is 10.0. The van der Waals surface area contributed by atoms with Gasteiger partial charge in [0.05, 0.1) is 0 Å². The van der Waals surface area contributed by atoms with Crippen LogP contribution in [0.5, 0.6) is 0 Å². The third-order valence-corrected chi connectivity index (χ3v) is 2.62. The minimum atomic E-state index is -1.74. The van der Waals surface area contributed by atoms with E-state index in [4.69, 9.17) is 5.73 Å². The van der Waals surface area contributed by atoms with Crippen molar-refractivity contribution in [2.24, 2.45) is 16.0 Å². The minimum Gasteiger partial charge on any atom is -0.314 e. The summed E-state index contributed by atoms with van der Waals surface area (Å²) in [6.07, 6.45) is 0. The van der Waals surface area contributed by atoms with Crippen molar-refractivity contribution in [3.63, 3.8) is 0 Å². The zero-order valence-electron chi connectivity index (χ0n) is 10.2. The number of hydrogen-bond donors (Lipinski definition) is 4. The fourth-order valence-corrected chi connectivity index (χ4v) is 1.55. The van der Waals surface area contributed by atoms with Gasteiger partial charge >= 0.3 is 6.03 Å². The SMILES string of the molecule is NC1C(=O)NC(=O)C(N=NC2C(=O)NC(=O)NC2=O)C1=O. The summed E-state index contributed by atoms with van der Waals surface area (Å²) in [6, 6.07) is -6.08. The first-order valence-corrected chi connectivity index (χ1v) is 5.51.